The Kier molecular flexibility index (Phi) is 4.14. The zero-order valence-corrected chi connectivity index (χ0v) is 7.98. The maximum atomic E-state index is 9.03. The van der Waals surface area contributed by atoms with Gasteiger partial charge in [-0.15, -0.1) is 17.0 Å². The molecule has 1 unspecified atom stereocenters. The van der Waals surface area contributed by atoms with E-state index < -0.39 is 0 Å². The van der Waals surface area contributed by atoms with E-state index in [1.54, 1.807) is 0 Å². The lowest BCUT2D eigenvalue weighted by Crippen LogP contribution is -2.14. The topological polar surface area (TPSA) is 64.1 Å². The SMILES string of the molecule is Br.CCC(N)c1nccn1O. The van der Waals surface area contributed by atoms with Crippen LogP contribution in [0.4, 0.5) is 0 Å². The number of halogens is 1. The molecule has 0 aliphatic rings. The van der Waals surface area contributed by atoms with Gasteiger partial charge in [0.25, 0.3) is 0 Å². The van der Waals surface area contributed by atoms with Crippen LogP contribution in [0.5, 0.6) is 0 Å². The Morgan fingerprint density at radius 2 is 2.45 bits per heavy atom. The van der Waals surface area contributed by atoms with Gasteiger partial charge in [0.15, 0.2) is 5.82 Å². The summed E-state index contributed by atoms with van der Waals surface area (Å²) < 4.78 is 0.953. The van der Waals surface area contributed by atoms with Gasteiger partial charge in [-0.25, -0.2) is 4.98 Å². The van der Waals surface area contributed by atoms with Gasteiger partial charge in [-0.2, -0.15) is 4.73 Å². The molecule has 0 bridgehead atoms. The number of aromatic nitrogens is 2. The van der Waals surface area contributed by atoms with Gasteiger partial charge in [0.2, 0.25) is 0 Å². The van der Waals surface area contributed by atoms with Crippen LogP contribution in [0.15, 0.2) is 12.4 Å². The highest BCUT2D eigenvalue weighted by Crippen LogP contribution is 2.08. The van der Waals surface area contributed by atoms with Gasteiger partial charge in [-0.05, 0) is 6.42 Å². The summed E-state index contributed by atoms with van der Waals surface area (Å²) in [6.45, 7) is 1.94. The maximum Gasteiger partial charge on any atom is 0.161 e. The van der Waals surface area contributed by atoms with E-state index in [2.05, 4.69) is 4.98 Å². The van der Waals surface area contributed by atoms with Crippen molar-refractivity contribution in [3.63, 3.8) is 0 Å². The van der Waals surface area contributed by atoms with Crippen molar-refractivity contribution in [2.24, 2.45) is 5.73 Å². The Labute approximate surface area is 75.8 Å². The predicted octanol–water partition coefficient (Wildman–Crippen LogP) is 1.11. The third kappa shape index (κ3) is 2.20. The van der Waals surface area contributed by atoms with Crippen molar-refractivity contribution in [3.05, 3.63) is 18.2 Å². The largest absolute Gasteiger partial charge is 0.427 e. The first-order chi connectivity index (χ1) is 4.75. The van der Waals surface area contributed by atoms with Crippen LogP contribution in [-0.4, -0.2) is 14.9 Å². The van der Waals surface area contributed by atoms with E-state index in [1.165, 1.54) is 12.4 Å². The van der Waals surface area contributed by atoms with Crippen LogP contribution in [0, 0.1) is 0 Å². The molecule has 1 rings (SSSR count). The maximum absolute atomic E-state index is 9.03. The fourth-order valence-electron chi connectivity index (χ4n) is 0.757. The average molecular weight is 222 g/mol. The van der Waals surface area contributed by atoms with Crippen molar-refractivity contribution < 1.29 is 5.21 Å². The molecule has 3 N–H and O–H groups in total. The fraction of sp³-hybridized carbons (Fsp3) is 0.500. The van der Waals surface area contributed by atoms with E-state index in [-0.39, 0.29) is 23.0 Å². The molecule has 1 atom stereocenters. The molecular weight excluding hydrogens is 210 g/mol. The van der Waals surface area contributed by atoms with Gasteiger partial charge in [-0.3, -0.25) is 0 Å². The van der Waals surface area contributed by atoms with Crippen LogP contribution in [-0.2, 0) is 0 Å². The number of nitrogens with zero attached hydrogens (tertiary/aromatic N) is 2. The lowest BCUT2D eigenvalue weighted by Gasteiger charge is -2.05. The smallest absolute Gasteiger partial charge is 0.161 e. The lowest BCUT2D eigenvalue weighted by atomic mass is 10.2. The molecule has 0 saturated heterocycles. The highest BCUT2D eigenvalue weighted by molar-refractivity contribution is 8.93. The monoisotopic (exact) mass is 221 g/mol. The Hall–Kier alpha value is -0.550. The minimum Gasteiger partial charge on any atom is -0.427 e. The average Bonchev–Trinajstić information content (AvgIpc) is 2.34. The van der Waals surface area contributed by atoms with Gasteiger partial charge in [-0.1, -0.05) is 6.92 Å². The van der Waals surface area contributed by atoms with Crippen molar-refractivity contribution in [3.8, 4) is 0 Å². The standard InChI is InChI=1S/C6H11N3O.BrH/c1-2-5(7)6-8-3-4-9(6)10;/h3-5,10H,2,7H2,1H3;1H. The van der Waals surface area contributed by atoms with E-state index in [0.29, 0.717) is 5.82 Å². The van der Waals surface area contributed by atoms with Crippen molar-refractivity contribution in [1.82, 2.24) is 9.71 Å². The van der Waals surface area contributed by atoms with Gasteiger partial charge in [0, 0.05) is 6.20 Å². The van der Waals surface area contributed by atoms with Crippen LogP contribution < -0.4 is 5.73 Å². The van der Waals surface area contributed by atoms with Gasteiger partial charge in [0.05, 0.1) is 12.2 Å². The van der Waals surface area contributed by atoms with E-state index in [9.17, 15) is 0 Å². The molecule has 1 aromatic heterocycles. The number of nitrogens with two attached hydrogens (primary N) is 1. The normalized spacial score (nSPS) is 12.2. The second-order valence-corrected chi connectivity index (χ2v) is 2.14. The predicted molar refractivity (Wildman–Crippen MR) is 47.0 cm³/mol. The number of hydrogen-bond acceptors (Lipinski definition) is 3. The van der Waals surface area contributed by atoms with E-state index in [4.69, 9.17) is 10.9 Å². The summed E-state index contributed by atoms with van der Waals surface area (Å²) in [5, 5.41) is 9.03. The first kappa shape index (κ1) is 10.4. The van der Waals surface area contributed by atoms with Crippen molar-refractivity contribution in [1.29, 1.82) is 0 Å². The molecule has 0 saturated carbocycles. The first-order valence-corrected chi connectivity index (χ1v) is 3.23. The molecule has 1 aromatic rings. The molecule has 1 heterocycles. The van der Waals surface area contributed by atoms with Gasteiger partial charge >= 0.3 is 0 Å². The van der Waals surface area contributed by atoms with Crippen LogP contribution >= 0.6 is 17.0 Å². The molecule has 0 amide bonds. The number of rotatable bonds is 2. The third-order valence-corrected chi connectivity index (χ3v) is 1.42. The summed E-state index contributed by atoms with van der Waals surface area (Å²) in [4.78, 5) is 3.87. The van der Waals surface area contributed by atoms with Crippen LogP contribution in [0.25, 0.3) is 0 Å². The molecule has 5 heteroatoms. The van der Waals surface area contributed by atoms with E-state index in [0.717, 1.165) is 11.2 Å². The van der Waals surface area contributed by atoms with Crippen molar-refractivity contribution in [2.75, 3.05) is 0 Å². The van der Waals surface area contributed by atoms with Crippen molar-refractivity contribution in [2.45, 2.75) is 19.4 Å². The second kappa shape index (κ2) is 4.35. The Morgan fingerprint density at radius 1 is 1.82 bits per heavy atom. The zero-order valence-electron chi connectivity index (χ0n) is 6.27. The molecule has 4 nitrogen and oxygen atoms in total. The first-order valence-electron chi connectivity index (χ1n) is 3.23. The molecule has 0 aliphatic heterocycles. The minimum atomic E-state index is -0.167. The summed E-state index contributed by atoms with van der Waals surface area (Å²) >= 11 is 0. The summed E-state index contributed by atoms with van der Waals surface area (Å²) in [5.74, 6) is 0.516. The summed E-state index contributed by atoms with van der Waals surface area (Å²) in [5.41, 5.74) is 5.60. The van der Waals surface area contributed by atoms with E-state index in [1.807, 2.05) is 6.92 Å². The lowest BCUT2D eigenvalue weighted by molar-refractivity contribution is 0.170. The molecule has 0 aromatic carbocycles. The molecule has 0 radical (unpaired) electrons. The molecule has 0 aliphatic carbocycles. The highest BCUT2D eigenvalue weighted by Gasteiger charge is 2.08. The summed E-state index contributed by atoms with van der Waals surface area (Å²) in [6, 6.07) is -0.167. The molecule has 0 fully saturated rings. The molecule has 0 spiro atoms. The Balaban J connectivity index is 0.000001000. The number of hydrogen-bond donors (Lipinski definition) is 2. The van der Waals surface area contributed by atoms with Gasteiger partial charge in [0.1, 0.15) is 0 Å². The van der Waals surface area contributed by atoms with Crippen LogP contribution in [0.2, 0.25) is 0 Å². The van der Waals surface area contributed by atoms with E-state index >= 15 is 0 Å². The van der Waals surface area contributed by atoms with Crippen molar-refractivity contribution >= 4 is 17.0 Å². The zero-order chi connectivity index (χ0) is 7.56. The summed E-state index contributed by atoms with van der Waals surface area (Å²) in [6.07, 6.45) is 3.76. The summed E-state index contributed by atoms with van der Waals surface area (Å²) in [7, 11) is 0. The van der Waals surface area contributed by atoms with Gasteiger partial charge < -0.3 is 10.9 Å². The third-order valence-electron chi connectivity index (χ3n) is 1.42. The van der Waals surface area contributed by atoms with Crippen LogP contribution in [0.1, 0.15) is 25.2 Å². The molecular formula is C6H12BrN3O. The Bertz CT molecular complexity index is 213. The Morgan fingerprint density at radius 3 is 2.82 bits per heavy atom. The second-order valence-electron chi connectivity index (χ2n) is 2.14. The fourth-order valence-corrected chi connectivity index (χ4v) is 0.757. The molecule has 64 valence electrons. The van der Waals surface area contributed by atoms with Crippen LogP contribution in [0.3, 0.4) is 0 Å². The number of imidazole rings is 1. The highest BCUT2D eigenvalue weighted by atomic mass is 79.9. The quantitative estimate of drug-likeness (QED) is 0.736. The molecule has 11 heavy (non-hydrogen) atoms. The minimum absolute atomic E-state index is 0.